The fourth-order valence-corrected chi connectivity index (χ4v) is 1.11. The van der Waals surface area contributed by atoms with Gasteiger partial charge in [-0.05, 0) is 6.08 Å². The Morgan fingerprint density at radius 1 is 1.77 bits per heavy atom. The number of alkyl halides is 2. The van der Waals surface area contributed by atoms with Crippen LogP contribution in [0, 0.1) is 0 Å². The lowest BCUT2D eigenvalue weighted by molar-refractivity contribution is -0.116. The van der Waals surface area contributed by atoms with Crippen molar-refractivity contribution in [3.05, 3.63) is 12.7 Å². The van der Waals surface area contributed by atoms with Gasteiger partial charge < -0.3 is 10.1 Å². The van der Waals surface area contributed by atoms with Crippen LogP contribution >= 0.6 is 0 Å². The predicted octanol–water partition coefficient (Wildman–Crippen LogP) is 0.713. The lowest BCUT2D eigenvalue weighted by Crippen LogP contribution is -2.30. The Morgan fingerprint density at radius 3 is 2.92 bits per heavy atom. The summed E-state index contributed by atoms with van der Waals surface area (Å²) in [6.07, 6.45) is 0.177. The second kappa shape index (κ2) is 3.83. The molecule has 1 heterocycles. The van der Waals surface area contributed by atoms with Crippen LogP contribution in [0.1, 0.15) is 6.42 Å². The van der Waals surface area contributed by atoms with E-state index in [4.69, 9.17) is 4.74 Å². The Morgan fingerprint density at radius 2 is 2.46 bits per heavy atom. The highest BCUT2D eigenvalue weighted by Gasteiger charge is 2.40. The molecule has 1 N–H and O–H groups in total. The first kappa shape index (κ1) is 10.1. The minimum absolute atomic E-state index is 0.112. The maximum Gasteiger partial charge on any atom is 0.273 e. The molecular formula is C8H11F2NO2. The normalized spacial score (nSPS) is 25.5. The Bertz CT molecular complexity index is 218. The van der Waals surface area contributed by atoms with Crippen molar-refractivity contribution in [2.24, 2.45) is 0 Å². The van der Waals surface area contributed by atoms with Gasteiger partial charge in [0.1, 0.15) is 6.61 Å². The van der Waals surface area contributed by atoms with Crippen LogP contribution in [0.4, 0.5) is 8.78 Å². The van der Waals surface area contributed by atoms with Crippen molar-refractivity contribution in [2.45, 2.75) is 18.4 Å². The van der Waals surface area contributed by atoms with Crippen molar-refractivity contribution in [3.63, 3.8) is 0 Å². The number of halogens is 2. The topological polar surface area (TPSA) is 38.3 Å². The molecule has 0 aromatic carbocycles. The van der Waals surface area contributed by atoms with E-state index in [-0.39, 0.29) is 18.9 Å². The van der Waals surface area contributed by atoms with Gasteiger partial charge in [0.15, 0.2) is 0 Å². The molecular weight excluding hydrogens is 180 g/mol. The molecule has 3 nitrogen and oxygen atoms in total. The first-order valence-corrected chi connectivity index (χ1v) is 3.93. The molecule has 1 fully saturated rings. The van der Waals surface area contributed by atoms with Crippen LogP contribution in [0.25, 0.3) is 0 Å². The summed E-state index contributed by atoms with van der Waals surface area (Å²) >= 11 is 0. The number of rotatable bonds is 3. The molecule has 5 heteroatoms. The molecule has 1 atom stereocenters. The van der Waals surface area contributed by atoms with Gasteiger partial charge in [-0.2, -0.15) is 0 Å². The van der Waals surface area contributed by atoms with Crippen LogP contribution in [0.15, 0.2) is 12.7 Å². The fourth-order valence-electron chi connectivity index (χ4n) is 1.11. The minimum atomic E-state index is -2.75. The number of nitrogens with one attached hydrogen (secondary N) is 1. The first-order chi connectivity index (χ1) is 6.03. The molecule has 0 bridgehead atoms. The van der Waals surface area contributed by atoms with Gasteiger partial charge >= 0.3 is 0 Å². The lowest BCUT2D eigenvalue weighted by atomic mass is 10.2. The van der Waals surface area contributed by atoms with Gasteiger partial charge in [-0.25, -0.2) is 8.78 Å². The SMILES string of the molecule is C=CC(=O)NCC1CC(F)(F)CO1. The highest BCUT2D eigenvalue weighted by Crippen LogP contribution is 2.28. The van der Waals surface area contributed by atoms with Crippen molar-refractivity contribution in [3.8, 4) is 0 Å². The van der Waals surface area contributed by atoms with E-state index in [1.165, 1.54) is 0 Å². The molecule has 0 aromatic heterocycles. The lowest BCUT2D eigenvalue weighted by Gasteiger charge is -2.08. The van der Waals surface area contributed by atoms with E-state index >= 15 is 0 Å². The van der Waals surface area contributed by atoms with Crippen LogP contribution in [-0.2, 0) is 9.53 Å². The van der Waals surface area contributed by atoms with Crippen LogP contribution in [-0.4, -0.2) is 31.1 Å². The summed E-state index contributed by atoms with van der Waals surface area (Å²) in [5.74, 6) is -3.12. The highest BCUT2D eigenvalue weighted by molar-refractivity contribution is 5.86. The van der Waals surface area contributed by atoms with E-state index in [9.17, 15) is 13.6 Å². The molecule has 74 valence electrons. The zero-order valence-corrected chi connectivity index (χ0v) is 7.06. The molecule has 1 unspecified atom stereocenters. The van der Waals surface area contributed by atoms with Crippen molar-refractivity contribution in [1.82, 2.24) is 5.32 Å². The van der Waals surface area contributed by atoms with Crippen molar-refractivity contribution in [2.75, 3.05) is 13.2 Å². The number of carbonyl (C=O) groups is 1. The van der Waals surface area contributed by atoms with Gasteiger partial charge in [0.2, 0.25) is 5.91 Å². The van der Waals surface area contributed by atoms with Gasteiger partial charge in [0.05, 0.1) is 6.10 Å². The quantitative estimate of drug-likeness (QED) is 0.667. The van der Waals surface area contributed by atoms with E-state index in [1.54, 1.807) is 0 Å². The summed E-state index contributed by atoms with van der Waals surface area (Å²) in [4.78, 5) is 10.7. The molecule has 0 saturated carbocycles. The third-order valence-corrected chi connectivity index (χ3v) is 1.75. The average molecular weight is 191 g/mol. The standard InChI is InChI=1S/C8H11F2NO2/c1-2-7(12)11-4-6-3-8(9,10)5-13-6/h2,6H,1,3-5H2,(H,11,12). The molecule has 1 aliphatic rings. The van der Waals surface area contributed by atoms with Gasteiger partial charge in [-0.3, -0.25) is 4.79 Å². The van der Waals surface area contributed by atoms with E-state index in [2.05, 4.69) is 11.9 Å². The zero-order chi connectivity index (χ0) is 9.90. The predicted molar refractivity (Wildman–Crippen MR) is 42.5 cm³/mol. The van der Waals surface area contributed by atoms with E-state index in [1.807, 2.05) is 0 Å². The van der Waals surface area contributed by atoms with Crippen molar-refractivity contribution < 1.29 is 18.3 Å². The molecule has 0 aromatic rings. The van der Waals surface area contributed by atoms with E-state index in [0.717, 1.165) is 6.08 Å². The smallest absolute Gasteiger partial charge is 0.273 e. The molecule has 1 aliphatic heterocycles. The number of hydrogen-bond donors (Lipinski definition) is 1. The first-order valence-electron chi connectivity index (χ1n) is 3.93. The summed E-state index contributed by atoms with van der Waals surface area (Å²) in [5.41, 5.74) is 0. The monoisotopic (exact) mass is 191 g/mol. The van der Waals surface area contributed by atoms with Crippen LogP contribution in [0.3, 0.4) is 0 Å². The molecule has 13 heavy (non-hydrogen) atoms. The summed E-state index contributed by atoms with van der Waals surface area (Å²) in [7, 11) is 0. The van der Waals surface area contributed by atoms with E-state index in [0.29, 0.717) is 0 Å². The molecule has 1 rings (SSSR count). The van der Waals surface area contributed by atoms with Crippen LogP contribution < -0.4 is 5.32 Å². The Balaban J connectivity index is 2.25. The number of hydrogen-bond acceptors (Lipinski definition) is 2. The highest BCUT2D eigenvalue weighted by atomic mass is 19.3. The number of ether oxygens (including phenoxy) is 1. The van der Waals surface area contributed by atoms with Gasteiger partial charge in [-0.15, -0.1) is 0 Å². The molecule has 0 spiro atoms. The maximum atomic E-state index is 12.5. The maximum absolute atomic E-state index is 12.5. The fraction of sp³-hybridized carbons (Fsp3) is 0.625. The summed E-state index contributed by atoms with van der Waals surface area (Å²) in [6, 6.07) is 0. The molecule has 0 aliphatic carbocycles. The third kappa shape index (κ3) is 3.10. The number of carbonyl (C=O) groups excluding carboxylic acids is 1. The molecule has 1 amide bonds. The Labute approximate surface area is 74.8 Å². The average Bonchev–Trinajstić information content (AvgIpc) is 2.41. The van der Waals surface area contributed by atoms with Crippen LogP contribution in [0.5, 0.6) is 0 Å². The summed E-state index contributed by atoms with van der Waals surface area (Å²) in [6.45, 7) is 2.79. The summed E-state index contributed by atoms with van der Waals surface area (Å²) < 4.78 is 29.9. The second-order valence-electron chi connectivity index (χ2n) is 2.94. The molecule has 1 saturated heterocycles. The largest absolute Gasteiger partial charge is 0.370 e. The van der Waals surface area contributed by atoms with E-state index < -0.39 is 18.6 Å². The van der Waals surface area contributed by atoms with Gasteiger partial charge in [-0.1, -0.05) is 6.58 Å². The second-order valence-corrected chi connectivity index (χ2v) is 2.94. The van der Waals surface area contributed by atoms with Crippen molar-refractivity contribution >= 4 is 5.91 Å². The van der Waals surface area contributed by atoms with Crippen molar-refractivity contribution in [1.29, 1.82) is 0 Å². The molecule has 0 radical (unpaired) electrons. The Kier molecular flexibility index (Phi) is 2.98. The minimum Gasteiger partial charge on any atom is -0.370 e. The Hall–Kier alpha value is -0.970. The third-order valence-electron chi connectivity index (χ3n) is 1.75. The summed E-state index contributed by atoms with van der Waals surface area (Å²) in [5, 5.41) is 2.40. The van der Waals surface area contributed by atoms with Gasteiger partial charge in [0, 0.05) is 13.0 Å². The zero-order valence-electron chi connectivity index (χ0n) is 7.06. The van der Waals surface area contributed by atoms with Crippen LogP contribution in [0.2, 0.25) is 0 Å². The number of amides is 1. The van der Waals surface area contributed by atoms with Gasteiger partial charge in [0.25, 0.3) is 5.92 Å².